The standard InChI is InChI=1S/C15H12N6O9S/c16-15(22)8(17-13-9(18(23)24)3-1-4-10(13)19(25)26)7-31-14-11(20(27)28)5-2-6-12(14)21(29)30/h1-6,8,17H,7H2,(H2,16,22)/t8-/m0/s1. The Morgan fingerprint density at radius 2 is 1.23 bits per heavy atom. The monoisotopic (exact) mass is 452 g/mol. The fraction of sp³-hybridized carbons (Fsp3) is 0.133. The maximum atomic E-state index is 11.9. The van der Waals surface area contributed by atoms with Crippen molar-refractivity contribution < 1.29 is 24.5 Å². The number of hydrogen-bond donors (Lipinski definition) is 2. The highest BCUT2D eigenvalue weighted by Gasteiger charge is 2.31. The van der Waals surface area contributed by atoms with E-state index in [0.29, 0.717) is 11.8 Å². The van der Waals surface area contributed by atoms with Gasteiger partial charge in [0.05, 0.1) is 19.7 Å². The van der Waals surface area contributed by atoms with E-state index in [9.17, 15) is 45.3 Å². The largest absolute Gasteiger partial charge is 0.368 e. The van der Waals surface area contributed by atoms with Gasteiger partial charge in [-0.3, -0.25) is 45.3 Å². The summed E-state index contributed by atoms with van der Waals surface area (Å²) in [5.74, 6) is -1.55. The van der Waals surface area contributed by atoms with E-state index in [-0.39, 0.29) is 4.90 Å². The van der Waals surface area contributed by atoms with Gasteiger partial charge >= 0.3 is 0 Å². The van der Waals surface area contributed by atoms with Crippen LogP contribution in [0.25, 0.3) is 0 Å². The molecule has 162 valence electrons. The van der Waals surface area contributed by atoms with E-state index in [1.54, 1.807) is 0 Å². The van der Waals surface area contributed by atoms with Gasteiger partial charge in [0.25, 0.3) is 22.7 Å². The fourth-order valence-electron chi connectivity index (χ4n) is 2.46. The molecule has 0 spiro atoms. The van der Waals surface area contributed by atoms with Crippen LogP contribution in [-0.2, 0) is 4.79 Å². The summed E-state index contributed by atoms with van der Waals surface area (Å²) in [5, 5.41) is 47.2. The molecule has 1 atom stereocenters. The van der Waals surface area contributed by atoms with Crippen LogP contribution in [0.1, 0.15) is 0 Å². The lowest BCUT2D eigenvalue weighted by molar-refractivity contribution is -0.399. The molecule has 0 aliphatic heterocycles. The van der Waals surface area contributed by atoms with E-state index in [1.807, 2.05) is 0 Å². The molecule has 2 rings (SSSR count). The molecule has 2 aromatic rings. The highest BCUT2D eigenvalue weighted by atomic mass is 32.2. The number of carbonyl (C=O) groups is 1. The van der Waals surface area contributed by atoms with Crippen molar-refractivity contribution in [1.29, 1.82) is 0 Å². The van der Waals surface area contributed by atoms with Gasteiger partial charge in [-0.15, -0.1) is 11.8 Å². The molecule has 0 bridgehead atoms. The fourth-order valence-corrected chi connectivity index (χ4v) is 3.63. The molecule has 0 heterocycles. The van der Waals surface area contributed by atoms with Crippen molar-refractivity contribution in [3.8, 4) is 0 Å². The van der Waals surface area contributed by atoms with Gasteiger partial charge < -0.3 is 11.1 Å². The molecule has 0 radical (unpaired) electrons. The van der Waals surface area contributed by atoms with E-state index >= 15 is 0 Å². The highest BCUT2D eigenvalue weighted by Crippen LogP contribution is 2.39. The van der Waals surface area contributed by atoms with Crippen molar-refractivity contribution in [1.82, 2.24) is 0 Å². The minimum Gasteiger partial charge on any atom is -0.368 e. The maximum absolute atomic E-state index is 11.9. The van der Waals surface area contributed by atoms with Gasteiger partial charge in [-0.05, 0) is 12.1 Å². The molecule has 31 heavy (non-hydrogen) atoms. The number of rotatable bonds is 10. The lowest BCUT2D eigenvalue weighted by atomic mass is 10.2. The third kappa shape index (κ3) is 5.18. The third-order valence-electron chi connectivity index (χ3n) is 3.84. The number of carbonyl (C=O) groups excluding carboxylic acids is 1. The molecule has 0 unspecified atom stereocenters. The molecule has 0 fully saturated rings. The molecule has 0 aliphatic rings. The first-order valence-corrected chi connectivity index (χ1v) is 9.05. The van der Waals surface area contributed by atoms with Crippen LogP contribution in [0.4, 0.5) is 28.4 Å². The van der Waals surface area contributed by atoms with Crippen molar-refractivity contribution in [2.45, 2.75) is 10.9 Å². The Morgan fingerprint density at radius 3 is 1.58 bits per heavy atom. The minimum atomic E-state index is -1.50. The Kier molecular flexibility index (Phi) is 6.99. The molecule has 16 heteroatoms. The second-order valence-electron chi connectivity index (χ2n) is 5.74. The van der Waals surface area contributed by atoms with Gasteiger partial charge in [0.2, 0.25) is 5.91 Å². The Hall–Kier alpha value is -4.34. The van der Waals surface area contributed by atoms with Crippen LogP contribution in [0.15, 0.2) is 41.3 Å². The van der Waals surface area contributed by atoms with Gasteiger partial charge in [-0.1, -0.05) is 0 Å². The normalized spacial score (nSPS) is 11.4. The highest BCUT2D eigenvalue weighted by molar-refractivity contribution is 7.99. The number of para-hydroxylation sites is 1. The van der Waals surface area contributed by atoms with Crippen LogP contribution in [0.2, 0.25) is 0 Å². The number of nitrogens with two attached hydrogens (primary N) is 1. The molecular formula is C15H12N6O9S. The summed E-state index contributed by atoms with van der Waals surface area (Å²) < 4.78 is 0. The number of thioether (sulfide) groups is 1. The predicted octanol–water partition coefficient (Wildman–Crippen LogP) is 2.38. The quantitative estimate of drug-likeness (QED) is 0.302. The number of amides is 1. The average Bonchev–Trinajstić information content (AvgIpc) is 2.69. The van der Waals surface area contributed by atoms with E-state index in [1.165, 1.54) is 0 Å². The Bertz CT molecular complexity index is 1030. The van der Waals surface area contributed by atoms with Crippen LogP contribution in [0.5, 0.6) is 0 Å². The summed E-state index contributed by atoms with van der Waals surface area (Å²) in [7, 11) is 0. The second-order valence-corrected chi connectivity index (χ2v) is 6.77. The summed E-state index contributed by atoms with van der Waals surface area (Å²) in [6.07, 6.45) is 0. The number of nitrogens with one attached hydrogen (secondary N) is 1. The van der Waals surface area contributed by atoms with Gasteiger partial charge in [0.15, 0.2) is 10.6 Å². The molecular weight excluding hydrogens is 440 g/mol. The predicted molar refractivity (Wildman–Crippen MR) is 107 cm³/mol. The van der Waals surface area contributed by atoms with Crippen LogP contribution < -0.4 is 11.1 Å². The number of primary amides is 1. The molecule has 0 saturated carbocycles. The van der Waals surface area contributed by atoms with E-state index in [0.717, 1.165) is 36.4 Å². The summed E-state index contributed by atoms with van der Waals surface area (Å²) in [5.41, 5.74) is 2.07. The van der Waals surface area contributed by atoms with Crippen LogP contribution in [-0.4, -0.2) is 37.4 Å². The molecule has 0 aliphatic carbocycles. The summed E-state index contributed by atoms with van der Waals surface area (Å²) >= 11 is 0.528. The van der Waals surface area contributed by atoms with Crippen molar-refractivity contribution in [2.75, 3.05) is 11.1 Å². The summed E-state index contributed by atoms with van der Waals surface area (Å²) in [6.45, 7) is 0. The topological polar surface area (TPSA) is 228 Å². The van der Waals surface area contributed by atoms with Crippen molar-refractivity contribution in [3.63, 3.8) is 0 Å². The zero-order chi connectivity index (χ0) is 23.3. The molecule has 0 saturated heterocycles. The van der Waals surface area contributed by atoms with Crippen LogP contribution in [0.3, 0.4) is 0 Å². The second kappa shape index (κ2) is 9.44. The number of anilines is 1. The average molecular weight is 452 g/mol. The summed E-state index contributed by atoms with van der Waals surface area (Å²) in [4.78, 5) is 52.9. The molecule has 3 N–H and O–H groups in total. The number of nitro benzene ring substituents is 4. The summed E-state index contributed by atoms with van der Waals surface area (Å²) in [6, 6.07) is 4.67. The zero-order valence-electron chi connectivity index (χ0n) is 15.2. The Labute approximate surface area is 175 Å². The van der Waals surface area contributed by atoms with Crippen LogP contribution >= 0.6 is 11.8 Å². The van der Waals surface area contributed by atoms with E-state index in [4.69, 9.17) is 5.73 Å². The van der Waals surface area contributed by atoms with Gasteiger partial charge in [0, 0.05) is 30.0 Å². The number of nitrogens with zero attached hydrogens (tertiary/aromatic N) is 4. The molecule has 1 amide bonds. The molecule has 2 aromatic carbocycles. The number of benzene rings is 2. The van der Waals surface area contributed by atoms with E-state index in [2.05, 4.69) is 5.32 Å². The maximum Gasteiger partial charge on any atom is 0.299 e. The zero-order valence-corrected chi connectivity index (χ0v) is 16.0. The van der Waals surface area contributed by atoms with E-state index < -0.39 is 65.8 Å². The van der Waals surface area contributed by atoms with Crippen molar-refractivity contribution in [3.05, 3.63) is 76.9 Å². The number of hydrogen-bond acceptors (Lipinski definition) is 11. The van der Waals surface area contributed by atoms with Crippen LogP contribution in [0, 0.1) is 40.5 Å². The first-order chi connectivity index (χ1) is 14.5. The van der Waals surface area contributed by atoms with Gasteiger partial charge in [0.1, 0.15) is 6.04 Å². The molecule has 0 aromatic heterocycles. The van der Waals surface area contributed by atoms with Gasteiger partial charge in [-0.25, -0.2) is 0 Å². The lowest BCUT2D eigenvalue weighted by Gasteiger charge is -2.16. The Balaban J connectivity index is 2.43. The smallest absolute Gasteiger partial charge is 0.299 e. The van der Waals surface area contributed by atoms with Gasteiger partial charge in [-0.2, -0.15) is 0 Å². The molecule has 15 nitrogen and oxygen atoms in total. The SMILES string of the molecule is NC(=O)[C@H](CSc1c([N+](=O)[O-])cccc1[N+](=O)[O-])Nc1c([N+](=O)[O-])cccc1[N+](=O)[O-]. The lowest BCUT2D eigenvalue weighted by Crippen LogP contribution is -2.37. The minimum absolute atomic E-state index is 0.373. The number of nitro groups is 4. The van der Waals surface area contributed by atoms with Crippen molar-refractivity contribution in [2.24, 2.45) is 5.73 Å². The van der Waals surface area contributed by atoms with Crippen molar-refractivity contribution >= 4 is 46.1 Å². The first kappa shape index (κ1) is 22.9. The Morgan fingerprint density at radius 1 is 0.839 bits per heavy atom. The first-order valence-electron chi connectivity index (χ1n) is 8.06. The third-order valence-corrected chi connectivity index (χ3v) is 5.04.